The van der Waals surface area contributed by atoms with Crippen molar-refractivity contribution in [3.63, 3.8) is 0 Å². The smallest absolute Gasteiger partial charge is 0.338 e. The minimum absolute atomic E-state index is 0.323. The Balaban J connectivity index is 1.70. The van der Waals surface area contributed by atoms with Crippen LogP contribution >= 0.6 is 0 Å². The molecule has 1 aliphatic carbocycles. The van der Waals surface area contributed by atoms with E-state index in [9.17, 15) is 4.79 Å². The molecular weight excluding hydrogens is 338 g/mol. The SMILES string of the molecule is COC(=O)c1ccc(CONCC2CCCCC2)cc1-c1ccccc1C. The molecule has 1 saturated carbocycles. The zero-order valence-electron chi connectivity index (χ0n) is 16.3. The first-order chi connectivity index (χ1) is 13.2. The second kappa shape index (κ2) is 9.67. The maximum absolute atomic E-state index is 12.2. The molecule has 0 bridgehead atoms. The second-order valence-corrected chi connectivity index (χ2v) is 7.33. The predicted molar refractivity (Wildman–Crippen MR) is 107 cm³/mol. The lowest BCUT2D eigenvalue weighted by atomic mass is 9.89. The topological polar surface area (TPSA) is 47.6 Å². The molecule has 0 atom stereocenters. The molecule has 0 amide bonds. The van der Waals surface area contributed by atoms with Crippen molar-refractivity contribution in [1.82, 2.24) is 5.48 Å². The van der Waals surface area contributed by atoms with Gasteiger partial charge in [0.25, 0.3) is 0 Å². The van der Waals surface area contributed by atoms with E-state index in [1.54, 1.807) is 0 Å². The number of methoxy groups -OCH3 is 1. The fourth-order valence-electron chi connectivity index (χ4n) is 3.77. The van der Waals surface area contributed by atoms with Crippen LogP contribution in [0.2, 0.25) is 0 Å². The van der Waals surface area contributed by atoms with Gasteiger partial charge in [-0.25, -0.2) is 10.3 Å². The third-order valence-corrected chi connectivity index (χ3v) is 5.36. The molecule has 0 heterocycles. The molecule has 0 aliphatic heterocycles. The average molecular weight is 367 g/mol. The Morgan fingerprint density at radius 2 is 1.85 bits per heavy atom. The first kappa shape index (κ1) is 19.6. The average Bonchev–Trinajstić information content (AvgIpc) is 2.72. The number of hydroxylamine groups is 1. The van der Waals surface area contributed by atoms with E-state index in [4.69, 9.17) is 9.57 Å². The summed E-state index contributed by atoms with van der Waals surface area (Å²) in [5.74, 6) is 0.402. The van der Waals surface area contributed by atoms with Crippen LogP contribution in [-0.4, -0.2) is 19.6 Å². The third kappa shape index (κ3) is 5.18. The number of nitrogens with one attached hydrogen (secondary N) is 1. The Morgan fingerprint density at radius 3 is 2.59 bits per heavy atom. The highest BCUT2D eigenvalue weighted by atomic mass is 16.6. The lowest BCUT2D eigenvalue weighted by molar-refractivity contribution is 0.0165. The molecule has 2 aromatic carbocycles. The van der Waals surface area contributed by atoms with Gasteiger partial charge < -0.3 is 4.74 Å². The summed E-state index contributed by atoms with van der Waals surface area (Å²) in [5, 5.41) is 0. The number of rotatable bonds is 7. The number of benzene rings is 2. The van der Waals surface area contributed by atoms with Gasteiger partial charge in [0, 0.05) is 6.54 Å². The van der Waals surface area contributed by atoms with Crippen LogP contribution in [0.1, 0.15) is 53.6 Å². The van der Waals surface area contributed by atoms with Gasteiger partial charge in [0.15, 0.2) is 0 Å². The summed E-state index contributed by atoms with van der Waals surface area (Å²) in [5.41, 5.74) is 7.77. The molecule has 0 spiro atoms. The van der Waals surface area contributed by atoms with Gasteiger partial charge in [-0.2, -0.15) is 0 Å². The van der Waals surface area contributed by atoms with Crippen molar-refractivity contribution < 1.29 is 14.4 Å². The molecule has 2 aromatic rings. The number of esters is 1. The second-order valence-electron chi connectivity index (χ2n) is 7.33. The summed E-state index contributed by atoms with van der Waals surface area (Å²) in [7, 11) is 1.41. The van der Waals surface area contributed by atoms with E-state index in [0.717, 1.165) is 34.7 Å². The van der Waals surface area contributed by atoms with Gasteiger partial charge in [0.05, 0.1) is 19.3 Å². The monoisotopic (exact) mass is 367 g/mol. The zero-order chi connectivity index (χ0) is 19.1. The Labute approximate surface area is 161 Å². The number of carbonyl (C=O) groups is 1. The first-order valence-corrected chi connectivity index (χ1v) is 9.81. The molecule has 0 saturated heterocycles. The molecular formula is C23H29NO3. The van der Waals surface area contributed by atoms with Gasteiger partial charge in [-0.15, -0.1) is 0 Å². The summed E-state index contributed by atoms with van der Waals surface area (Å²) in [6.45, 7) is 3.42. The van der Waals surface area contributed by atoms with Crippen LogP contribution in [0.4, 0.5) is 0 Å². The lowest BCUT2D eigenvalue weighted by Crippen LogP contribution is -2.24. The number of hydrogen-bond donors (Lipinski definition) is 1. The molecule has 4 heteroatoms. The normalized spacial score (nSPS) is 14.9. The van der Waals surface area contributed by atoms with E-state index in [0.29, 0.717) is 12.2 Å². The first-order valence-electron chi connectivity index (χ1n) is 9.81. The highest BCUT2D eigenvalue weighted by Crippen LogP contribution is 2.29. The summed E-state index contributed by atoms with van der Waals surface area (Å²) >= 11 is 0. The molecule has 144 valence electrons. The fraction of sp³-hybridized carbons (Fsp3) is 0.435. The summed E-state index contributed by atoms with van der Waals surface area (Å²) in [6.07, 6.45) is 6.62. The van der Waals surface area contributed by atoms with Crippen molar-refractivity contribution in [1.29, 1.82) is 0 Å². The number of hydrogen-bond acceptors (Lipinski definition) is 4. The van der Waals surface area contributed by atoms with Gasteiger partial charge in [-0.1, -0.05) is 49.6 Å². The Kier molecular flexibility index (Phi) is 7.02. The molecule has 1 fully saturated rings. The van der Waals surface area contributed by atoms with Gasteiger partial charge in [-0.05, 0) is 60.1 Å². The minimum atomic E-state index is -0.323. The summed E-state index contributed by atoms with van der Waals surface area (Å²) in [4.78, 5) is 17.9. The highest BCUT2D eigenvalue weighted by Gasteiger charge is 2.16. The standard InChI is InChI=1S/C23H29NO3/c1-17-8-6-7-11-20(17)22-14-19(12-13-21(22)23(25)26-2)16-27-24-15-18-9-4-3-5-10-18/h6-8,11-14,18,24H,3-5,9-10,15-16H2,1-2H3. The van der Waals surface area contributed by atoms with Crippen LogP contribution in [0, 0.1) is 12.8 Å². The van der Waals surface area contributed by atoms with Gasteiger partial charge in [0.1, 0.15) is 0 Å². The van der Waals surface area contributed by atoms with Gasteiger partial charge in [-0.3, -0.25) is 4.84 Å². The maximum atomic E-state index is 12.2. The maximum Gasteiger partial charge on any atom is 0.338 e. The molecule has 0 aromatic heterocycles. The van der Waals surface area contributed by atoms with Crippen LogP contribution in [0.5, 0.6) is 0 Å². The Morgan fingerprint density at radius 1 is 1.07 bits per heavy atom. The number of carbonyl (C=O) groups excluding carboxylic acids is 1. The molecule has 0 unspecified atom stereocenters. The minimum Gasteiger partial charge on any atom is -0.465 e. The van der Waals surface area contributed by atoms with Crippen molar-refractivity contribution >= 4 is 5.97 Å². The molecule has 4 nitrogen and oxygen atoms in total. The van der Waals surface area contributed by atoms with E-state index in [2.05, 4.69) is 5.48 Å². The molecule has 1 N–H and O–H groups in total. The predicted octanol–water partition coefficient (Wildman–Crippen LogP) is 5.05. The summed E-state index contributed by atoms with van der Waals surface area (Å²) in [6, 6.07) is 13.8. The van der Waals surface area contributed by atoms with Crippen molar-refractivity contribution in [3.05, 3.63) is 59.2 Å². The number of aryl methyl sites for hydroxylation is 1. The van der Waals surface area contributed by atoms with Gasteiger partial charge in [0.2, 0.25) is 0 Å². The largest absolute Gasteiger partial charge is 0.465 e. The fourth-order valence-corrected chi connectivity index (χ4v) is 3.77. The molecule has 1 aliphatic rings. The van der Waals surface area contributed by atoms with Crippen LogP contribution in [-0.2, 0) is 16.2 Å². The van der Waals surface area contributed by atoms with E-state index in [1.807, 2.05) is 49.4 Å². The summed E-state index contributed by atoms with van der Waals surface area (Å²) < 4.78 is 4.96. The van der Waals surface area contributed by atoms with Crippen LogP contribution in [0.25, 0.3) is 11.1 Å². The Bertz CT molecular complexity index is 766. The highest BCUT2D eigenvalue weighted by molar-refractivity contribution is 5.97. The van der Waals surface area contributed by atoms with E-state index in [-0.39, 0.29) is 5.97 Å². The number of ether oxygens (including phenoxy) is 1. The quantitative estimate of drug-likeness (QED) is 0.423. The van der Waals surface area contributed by atoms with Gasteiger partial charge >= 0.3 is 5.97 Å². The van der Waals surface area contributed by atoms with E-state index in [1.165, 1.54) is 39.2 Å². The molecule has 3 rings (SSSR count). The van der Waals surface area contributed by atoms with Crippen molar-refractivity contribution in [2.75, 3.05) is 13.7 Å². The molecule has 0 radical (unpaired) electrons. The molecule has 27 heavy (non-hydrogen) atoms. The van der Waals surface area contributed by atoms with Crippen LogP contribution in [0.3, 0.4) is 0 Å². The van der Waals surface area contributed by atoms with Crippen molar-refractivity contribution in [3.8, 4) is 11.1 Å². The van der Waals surface area contributed by atoms with Crippen LogP contribution < -0.4 is 5.48 Å². The van der Waals surface area contributed by atoms with E-state index >= 15 is 0 Å². The lowest BCUT2D eigenvalue weighted by Gasteiger charge is -2.21. The van der Waals surface area contributed by atoms with E-state index < -0.39 is 0 Å². The van der Waals surface area contributed by atoms with Crippen molar-refractivity contribution in [2.24, 2.45) is 5.92 Å². The van der Waals surface area contributed by atoms with Crippen molar-refractivity contribution in [2.45, 2.75) is 45.6 Å². The third-order valence-electron chi connectivity index (χ3n) is 5.36. The Hall–Kier alpha value is -2.17. The van der Waals surface area contributed by atoms with Crippen LogP contribution in [0.15, 0.2) is 42.5 Å². The zero-order valence-corrected chi connectivity index (χ0v) is 16.3.